The van der Waals surface area contributed by atoms with Crippen molar-refractivity contribution in [1.29, 1.82) is 5.26 Å². The standard InChI is InChI=1S/C21H17FN4O2/c1-12-18-19(17(10-23)20(24)28-21(18)26-25-12)14-3-2-4-16(9-14)27-11-13-5-7-15(22)8-6-13/h2-9,19H,11,24H2,1H3,(H,25,26)/t19-/m1/s1. The van der Waals surface area contributed by atoms with Crippen molar-refractivity contribution in [2.24, 2.45) is 5.73 Å². The number of aromatic nitrogens is 2. The minimum absolute atomic E-state index is 0.0455. The second kappa shape index (κ2) is 7.08. The number of nitriles is 1. The summed E-state index contributed by atoms with van der Waals surface area (Å²) in [5.41, 5.74) is 9.55. The SMILES string of the molecule is Cc1[nH]nc2c1[C@H](c1cccc(OCc3ccc(F)cc3)c1)C(C#N)=C(N)O2. The molecule has 28 heavy (non-hydrogen) atoms. The van der Waals surface area contributed by atoms with E-state index in [1.807, 2.05) is 31.2 Å². The zero-order chi connectivity index (χ0) is 19.7. The fourth-order valence-electron chi connectivity index (χ4n) is 3.26. The van der Waals surface area contributed by atoms with E-state index in [1.165, 1.54) is 12.1 Å². The average molecular weight is 376 g/mol. The number of H-pyrrole nitrogens is 1. The number of nitrogens with two attached hydrogens (primary N) is 1. The molecule has 3 N–H and O–H groups in total. The van der Waals surface area contributed by atoms with Crippen LogP contribution < -0.4 is 15.2 Å². The maximum Gasteiger partial charge on any atom is 0.244 e. The monoisotopic (exact) mass is 376 g/mol. The topological polar surface area (TPSA) is 97.0 Å². The van der Waals surface area contributed by atoms with E-state index in [9.17, 15) is 9.65 Å². The molecule has 1 aliphatic heterocycles. The van der Waals surface area contributed by atoms with Gasteiger partial charge in [-0.3, -0.25) is 5.10 Å². The van der Waals surface area contributed by atoms with E-state index < -0.39 is 5.92 Å². The average Bonchev–Trinajstić information content (AvgIpc) is 3.07. The maximum atomic E-state index is 13.0. The first-order valence-electron chi connectivity index (χ1n) is 8.66. The number of allylic oxidation sites excluding steroid dienone is 1. The summed E-state index contributed by atoms with van der Waals surface area (Å²) < 4.78 is 24.4. The molecular weight excluding hydrogens is 359 g/mol. The lowest BCUT2D eigenvalue weighted by molar-refractivity contribution is 0.305. The Morgan fingerprint density at radius 3 is 2.82 bits per heavy atom. The molecule has 0 aliphatic carbocycles. The summed E-state index contributed by atoms with van der Waals surface area (Å²) in [6.07, 6.45) is 0. The van der Waals surface area contributed by atoms with Gasteiger partial charge in [-0.25, -0.2) is 4.39 Å². The van der Waals surface area contributed by atoms with Crippen molar-refractivity contribution in [3.63, 3.8) is 0 Å². The highest BCUT2D eigenvalue weighted by molar-refractivity contribution is 5.55. The lowest BCUT2D eigenvalue weighted by Crippen LogP contribution is -2.21. The van der Waals surface area contributed by atoms with Gasteiger partial charge < -0.3 is 15.2 Å². The number of nitrogens with one attached hydrogen (secondary N) is 1. The fraction of sp³-hybridized carbons (Fsp3) is 0.143. The Morgan fingerprint density at radius 1 is 1.29 bits per heavy atom. The second-order valence-electron chi connectivity index (χ2n) is 6.48. The number of aryl methyl sites for hydroxylation is 1. The Bertz CT molecular complexity index is 1100. The van der Waals surface area contributed by atoms with Gasteiger partial charge >= 0.3 is 0 Å². The van der Waals surface area contributed by atoms with Crippen LogP contribution in [-0.4, -0.2) is 10.2 Å². The lowest BCUT2D eigenvalue weighted by atomic mass is 9.84. The summed E-state index contributed by atoms with van der Waals surface area (Å²) >= 11 is 0. The fourth-order valence-corrected chi connectivity index (χ4v) is 3.26. The van der Waals surface area contributed by atoms with Gasteiger partial charge in [-0.05, 0) is 42.3 Å². The van der Waals surface area contributed by atoms with Gasteiger partial charge in [0, 0.05) is 11.3 Å². The molecule has 2 aromatic carbocycles. The zero-order valence-corrected chi connectivity index (χ0v) is 15.1. The Hall–Kier alpha value is -3.79. The van der Waals surface area contributed by atoms with Crippen LogP contribution in [-0.2, 0) is 6.61 Å². The molecule has 1 atom stereocenters. The molecule has 0 bridgehead atoms. The number of halogens is 1. The summed E-state index contributed by atoms with van der Waals surface area (Å²) in [7, 11) is 0. The van der Waals surface area contributed by atoms with E-state index in [-0.39, 0.29) is 11.7 Å². The van der Waals surface area contributed by atoms with E-state index in [1.54, 1.807) is 12.1 Å². The van der Waals surface area contributed by atoms with Gasteiger partial charge in [0.15, 0.2) is 0 Å². The molecule has 0 radical (unpaired) electrons. The van der Waals surface area contributed by atoms with Gasteiger partial charge in [-0.2, -0.15) is 5.26 Å². The van der Waals surface area contributed by atoms with E-state index >= 15 is 0 Å². The van der Waals surface area contributed by atoms with Gasteiger partial charge in [-0.15, -0.1) is 5.10 Å². The molecular formula is C21H17FN4O2. The van der Waals surface area contributed by atoms with Crippen LogP contribution in [0.5, 0.6) is 11.6 Å². The minimum atomic E-state index is -0.401. The molecule has 3 aromatic rings. The maximum absolute atomic E-state index is 13.0. The van der Waals surface area contributed by atoms with Crippen molar-refractivity contribution in [2.75, 3.05) is 0 Å². The number of hydrogen-bond acceptors (Lipinski definition) is 5. The van der Waals surface area contributed by atoms with Gasteiger partial charge in [-0.1, -0.05) is 24.3 Å². The number of nitrogens with zero attached hydrogens (tertiary/aromatic N) is 2. The summed E-state index contributed by atoms with van der Waals surface area (Å²) in [5.74, 6) is 0.361. The Kier molecular flexibility index (Phi) is 4.45. The molecule has 2 heterocycles. The van der Waals surface area contributed by atoms with Crippen LogP contribution in [0.4, 0.5) is 4.39 Å². The highest BCUT2D eigenvalue weighted by Crippen LogP contribution is 2.43. The molecule has 6 nitrogen and oxygen atoms in total. The Morgan fingerprint density at radius 2 is 2.07 bits per heavy atom. The van der Waals surface area contributed by atoms with E-state index in [2.05, 4.69) is 16.3 Å². The molecule has 140 valence electrons. The number of hydrogen-bond donors (Lipinski definition) is 2. The number of aromatic amines is 1. The smallest absolute Gasteiger partial charge is 0.244 e. The lowest BCUT2D eigenvalue weighted by Gasteiger charge is -2.24. The van der Waals surface area contributed by atoms with E-state index in [4.69, 9.17) is 15.2 Å². The molecule has 0 spiro atoms. The van der Waals surface area contributed by atoms with E-state index in [0.717, 1.165) is 22.4 Å². The van der Waals surface area contributed by atoms with Crippen LogP contribution >= 0.6 is 0 Å². The second-order valence-corrected chi connectivity index (χ2v) is 6.48. The van der Waals surface area contributed by atoms with Crippen LogP contribution in [0, 0.1) is 24.1 Å². The highest BCUT2D eigenvalue weighted by atomic mass is 19.1. The molecule has 0 fully saturated rings. The predicted octanol–water partition coefficient (Wildman–Crippen LogP) is 3.65. The number of rotatable bonds is 4. The molecule has 4 rings (SSSR count). The van der Waals surface area contributed by atoms with Crippen molar-refractivity contribution >= 4 is 0 Å². The van der Waals surface area contributed by atoms with E-state index in [0.29, 0.717) is 23.8 Å². The van der Waals surface area contributed by atoms with Gasteiger partial charge in [0.25, 0.3) is 0 Å². The van der Waals surface area contributed by atoms with Crippen molar-refractivity contribution in [2.45, 2.75) is 19.4 Å². The number of ether oxygens (including phenoxy) is 2. The third kappa shape index (κ3) is 3.16. The molecule has 0 saturated carbocycles. The van der Waals surface area contributed by atoms with Crippen LogP contribution in [0.25, 0.3) is 0 Å². The molecule has 0 amide bonds. The number of fused-ring (bicyclic) bond motifs is 1. The largest absolute Gasteiger partial charge is 0.489 e. The van der Waals surface area contributed by atoms with Gasteiger partial charge in [0.2, 0.25) is 11.8 Å². The predicted molar refractivity (Wildman–Crippen MR) is 99.8 cm³/mol. The van der Waals surface area contributed by atoms with Crippen molar-refractivity contribution in [1.82, 2.24) is 10.2 Å². The third-order valence-corrected chi connectivity index (χ3v) is 4.64. The quantitative estimate of drug-likeness (QED) is 0.724. The summed E-state index contributed by atoms with van der Waals surface area (Å²) in [6, 6.07) is 15.7. The molecule has 1 aliphatic rings. The number of benzene rings is 2. The summed E-state index contributed by atoms with van der Waals surface area (Å²) in [4.78, 5) is 0. The zero-order valence-electron chi connectivity index (χ0n) is 15.1. The summed E-state index contributed by atoms with van der Waals surface area (Å²) in [6.45, 7) is 2.17. The highest BCUT2D eigenvalue weighted by Gasteiger charge is 2.34. The molecule has 0 unspecified atom stereocenters. The van der Waals surface area contributed by atoms with Crippen molar-refractivity contribution in [3.05, 3.63) is 88.2 Å². The minimum Gasteiger partial charge on any atom is -0.489 e. The first-order valence-corrected chi connectivity index (χ1v) is 8.66. The normalized spacial score (nSPS) is 15.5. The van der Waals surface area contributed by atoms with Crippen LogP contribution in [0.3, 0.4) is 0 Å². The first kappa shape index (κ1) is 17.6. The summed E-state index contributed by atoms with van der Waals surface area (Å²) in [5, 5.41) is 16.6. The van der Waals surface area contributed by atoms with Crippen molar-refractivity contribution < 1.29 is 13.9 Å². The van der Waals surface area contributed by atoms with Gasteiger partial charge in [0.1, 0.15) is 29.8 Å². The first-order chi connectivity index (χ1) is 13.6. The third-order valence-electron chi connectivity index (χ3n) is 4.64. The van der Waals surface area contributed by atoms with Gasteiger partial charge in [0.05, 0.1) is 5.92 Å². The van der Waals surface area contributed by atoms with Crippen LogP contribution in [0.1, 0.15) is 28.3 Å². The Balaban J connectivity index is 1.66. The Labute approximate surface area is 161 Å². The molecule has 7 heteroatoms. The van der Waals surface area contributed by atoms with Crippen molar-refractivity contribution in [3.8, 4) is 17.7 Å². The van der Waals surface area contributed by atoms with Crippen LogP contribution in [0.15, 0.2) is 60.0 Å². The molecule has 0 saturated heterocycles. The van der Waals surface area contributed by atoms with Crippen LogP contribution in [0.2, 0.25) is 0 Å². The molecule has 1 aromatic heterocycles.